The first-order valence-corrected chi connectivity index (χ1v) is 9.00. The van der Waals surface area contributed by atoms with Crippen LogP contribution in [-0.4, -0.2) is 14.2 Å². The van der Waals surface area contributed by atoms with Gasteiger partial charge in [0.05, 0.1) is 14.2 Å². The lowest BCUT2D eigenvalue weighted by molar-refractivity contribution is 0.415. The molecule has 0 unspecified atom stereocenters. The SMILES string of the molecule is COc1ccc2c(ccc3sc4ccc5cc(OC)ccc5c4c32)c1. The third-order valence-electron chi connectivity index (χ3n) is 4.85. The molecule has 1 heterocycles. The Bertz CT molecular complexity index is 1170. The fourth-order valence-corrected chi connectivity index (χ4v) is 4.77. The van der Waals surface area contributed by atoms with E-state index in [9.17, 15) is 0 Å². The summed E-state index contributed by atoms with van der Waals surface area (Å²) in [4.78, 5) is 0. The summed E-state index contributed by atoms with van der Waals surface area (Å²) in [6.07, 6.45) is 0. The number of benzene rings is 4. The summed E-state index contributed by atoms with van der Waals surface area (Å²) in [6, 6.07) is 21.4. The van der Waals surface area contributed by atoms with Crippen molar-refractivity contribution >= 4 is 53.1 Å². The highest BCUT2D eigenvalue weighted by molar-refractivity contribution is 7.26. The molecule has 0 spiro atoms. The van der Waals surface area contributed by atoms with E-state index < -0.39 is 0 Å². The zero-order valence-electron chi connectivity index (χ0n) is 14.0. The molecule has 25 heavy (non-hydrogen) atoms. The molecule has 0 radical (unpaired) electrons. The standard InChI is InChI=1S/C22H16O2S/c1-23-15-5-7-17-13(11-15)3-9-19-21(17)22-18-8-6-16(24-2)12-14(18)4-10-20(22)25-19/h3-12H,1-2H3. The third-order valence-corrected chi connectivity index (χ3v) is 5.97. The van der Waals surface area contributed by atoms with E-state index in [4.69, 9.17) is 9.47 Å². The maximum absolute atomic E-state index is 5.39. The monoisotopic (exact) mass is 344 g/mol. The lowest BCUT2D eigenvalue weighted by atomic mass is 9.99. The highest BCUT2D eigenvalue weighted by Gasteiger charge is 2.12. The van der Waals surface area contributed by atoms with Crippen molar-refractivity contribution in [2.75, 3.05) is 14.2 Å². The van der Waals surface area contributed by atoms with Gasteiger partial charge in [-0.15, -0.1) is 11.3 Å². The van der Waals surface area contributed by atoms with Crippen molar-refractivity contribution in [3.63, 3.8) is 0 Å². The number of ether oxygens (including phenoxy) is 2. The average Bonchev–Trinajstić information content (AvgIpc) is 3.06. The zero-order chi connectivity index (χ0) is 17.0. The van der Waals surface area contributed by atoms with Crippen molar-refractivity contribution in [3.8, 4) is 11.5 Å². The number of thiophene rings is 1. The Morgan fingerprint density at radius 2 is 1.08 bits per heavy atom. The summed E-state index contributed by atoms with van der Waals surface area (Å²) in [7, 11) is 3.42. The van der Waals surface area contributed by atoms with Gasteiger partial charge in [-0.3, -0.25) is 0 Å². The van der Waals surface area contributed by atoms with Gasteiger partial charge >= 0.3 is 0 Å². The van der Waals surface area contributed by atoms with Crippen molar-refractivity contribution in [2.45, 2.75) is 0 Å². The predicted molar refractivity (Wildman–Crippen MR) is 107 cm³/mol. The highest BCUT2D eigenvalue weighted by Crippen LogP contribution is 2.42. The van der Waals surface area contributed by atoms with E-state index >= 15 is 0 Å². The zero-order valence-corrected chi connectivity index (χ0v) is 14.8. The topological polar surface area (TPSA) is 18.5 Å². The molecule has 5 aromatic rings. The van der Waals surface area contributed by atoms with E-state index in [0.29, 0.717) is 0 Å². The van der Waals surface area contributed by atoms with Crippen LogP contribution in [0.1, 0.15) is 0 Å². The van der Waals surface area contributed by atoms with Crippen LogP contribution in [0.5, 0.6) is 11.5 Å². The fourth-order valence-electron chi connectivity index (χ4n) is 3.63. The molecule has 1 aromatic heterocycles. The van der Waals surface area contributed by atoms with Crippen LogP contribution in [0.15, 0.2) is 60.7 Å². The van der Waals surface area contributed by atoms with Gasteiger partial charge in [-0.25, -0.2) is 0 Å². The van der Waals surface area contributed by atoms with Gasteiger partial charge in [0, 0.05) is 20.2 Å². The highest BCUT2D eigenvalue weighted by atomic mass is 32.1. The molecule has 122 valence electrons. The second-order valence-electron chi connectivity index (χ2n) is 6.15. The summed E-state index contributed by atoms with van der Waals surface area (Å²) in [5, 5.41) is 7.61. The molecule has 3 heteroatoms. The Morgan fingerprint density at radius 3 is 1.52 bits per heavy atom. The maximum atomic E-state index is 5.39. The van der Waals surface area contributed by atoms with Gasteiger partial charge in [0.1, 0.15) is 11.5 Å². The second kappa shape index (κ2) is 5.36. The number of methoxy groups -OCH3 is 2. The normalized spacial score (nSPS) is 11.6. The predicted octanol–water partition coefficient (Wildman–Crippen LogP) is 6.38. The fraction of sp³-hybridized carbons (Fsp3) is 0.0909. The van der Waals surface area contributed by atoms with Crippen LogP contribution in [0.4, 0.5) is 0 Å². The molecule has 0 fully saturated rings. The molecule has 0 bridgehead atoms. The number of hydrogen-bond acceptors (Lipinski definition) is 3. The minimum absolute atomic E-state index is 0.890. The van der Waals surface area contributed by atoms with Crippen LogP contribution in [0.25, 0.3) is 41.7 Å². The largest absolute Gasteiger partial charge is 0.497 e. The van der Waals surface area contributed by atoms with Crippen LogP contribution < -0.4 is 9.47 Å². The van der Waals surface area contributed by atoms with Crippen molar-refractivity contribution < 1.29 is 9.47 Å². The molecule has 2 nitrogen and oxygen atoms in total. The number of hydrogen-bond donors (Lipinski definition) is 0. The summed E-state index contributed by atoms with van der Waals surface area (Å²) in [5.41, 5.74) is 0. The Hall–Kier alpha value is -2.78. The van der Waals surface area contributed by atoms with Crippen molar-refractivity contribution in [1.29, 1.82) is 0 Å². The van der Waals surface area contributed by atoms with Crippen LogP contribution in [0, 0.1) is 0 Å². The molecule has 0 atom stereocenters. The summed E-state index contributed by atoms with van der Waals surface area (Å²) in [6.45, 7) is 0. The Kier molecular flexibility index (Phi) is 3.12. The molecule has 0 N–H and O–H groups in total. The van der Waals surface area contributed by atoms with Gasteiger partial charge < -0.3 is 9.47 Å². The van der Waals surface area contributed by atoms with Gasteiger partial charge in [-0.05, 0) is 57.9 Å². The molecule has 0 amide bonds. The van der Waals surface area contributed by atoms with Gasteiger partial charge in [0.2, 0.25) is 0 Å². The van der Waals surface area contributed by atoms with Crippen LogP contribution >= 0.6 is 11.3 Å². The van der Waals surface area contributed by atoms with E-state index in [2.05, 4.69) is 48.5 Å². The van der Waals surface area contributed by atoms with Gasteiger partial charge in [0.25, 0.3) is 0 Å². The molecule has 0 saturated carbocycles. The van der Waals surface area contributed by atoms with Crippen LogP contribution in [-0.2, 0) is 0 Å². The first-order valence-electron chi connectivity index (χ1n) is 8.18. The molecule has 5 rings (SSSR count). The number of rotatable bonds is 2. The first-order chi connectivity index (χ1) is 12.3. The molecule has 4 aromatic carbocycles. The summed E-state index contributed by atoms with van der Waals surface area (Å²) >= 11 is 1.85. The van der Waals surface area contributed by atoms with Gasteiger partial charge in [-0.2, -0.15) is 0 Å². The van der Waals surface area contributed by atoms with E-state index in [1.165, 1.54) is 41.7 Å². The lowest BCUT2D eigenvalue weighted by Gasteiger charge is -2.06. The van der Waals surface area contributed by atoms with Crippen LogP contribution in [0.2, 0.25) is 0 Å². The van der Waals surface area contributed by atoms with E-state index in [0.717, 1.165) is 11.5 Å². The molecular formula is C22H16O2S. The Balaban J connectivity index is 1.98. The lowest BCUT2D eigenvalue weighted by Crippen LogP contribution is -1.84. The number of fused-ring (bicyclic) bond motifs is 7. The van der Waals surface area contributed by atoms with E-state index in [1.807, 2.05) is 23.5 Å². The molecular weight excluding hydrogens is 328 g/mol. The average molecular weight is 344 g/mol. The Labute approximate surface area is 149 Å². The first kappa shape index (κ1) is 14.6. The van der Waals surface area contributed by atoms with E-state index in [1.54, 1.807) is 14.2 Å². The second-order valence-corrected chi connectivity index (χ2v) is 7.24. The maximum Gasteiger partial charge on any atom is 0.119 e. The van der Waals surface area contributed by atoms with Crippen molar-refractivity contribution in [1.82, 2.24) is 0 Å². The minimum Gasteiger partial charge on any atom is -0.497 e. The van der Waals surface area contributed by atoms with Gasteiger partial charge in [-0.1, -0.05) is 24.3 Å². The molecule has 0 saturated heterocycles. The van der Waals surface area contributed by atoms with Gasteiger partial charge in [0.15, 0.2) is 0 Å². The van der Waals surface area contributed by atoms with Crippen LogP contribution in [0.3, 0.4) is 0 Å². The van der Waals surface area contributed by atoms with Crippen molar-refractivity contribution in [2.24, 2.45) is 0 Å². The molecule has 0 aliphatic rings. The molecule has 0 aliphatic heterocycles. The smallest absolute Gasteiger partial charge is 0.119 e. The summed E-state index contributed by atoms with van der Waals surface area (Å²) < 4.78 is 13.4. The quantitative estimate of drug-likeness (QED) is 0.370. The molecule has 0 aliphatic carbocycles. The Morgan fingerprint density at radius 1 is 0.600 bits per heavy atom. The minimum atomic E-state index is 0.890. The third kappa shape index (κ3) is 2.09. The van der Waals surface area contributed by atoms with E-state index in [-0.39, 0.29) is 0 Å². The summed E-state index contributed by atoms with van der Waals surface area (Å²) in [5.74, 6) is 1.78. The van der Waals surface area contributed by atoms with Crippen molar-refractivity contribution in [3.05, 3.63) is 60.7 Å².